The molecule has 0 spiro atoms. The van der Waals surface area contributed by atoms with Crippen LogP contribution >= 0.6 is 0 Å². The minimum atomic E-state index is 0.309. The summed E-state index contributed by atoms with van der Waals surface area (Å²) >= 11 is 0. The Morgan fingerprint density at radius 1 is 1.29 bits per heavy atom. The molecule has 0 amide bonds. The average Bonchev–Trinajstić information content (AvgIpc) is 2.86. The van der Waals surface area contributed by atoms with Crippen LogP contribution < -0.4 is 15.2 Å². The molecule has 0 aliphatic carbocycles. The van der Waals surface area contributed by atoms with Gasteiger partial charge in [0.1, 0.15) is 0 Å². The topological polar surface area (TPSA) is 47.7 Å². The lowest BCUT2D eigenvalue weighted by Crippen LogP contribution is -2.28. The van der Waals surface area contributed by atoms with Crippen LogP contribution in [0.1, 0.15) is 12.5 Å². The lowest BCUT2D eigenvalue weighted by atomic mass is 10.1. The standard InChI is InChI=1S/C13H18N2O2/c1-9-5-15(7-11(9)14)6-10-2-3-12-13(4-10)17-8-16-12/h2-4,9,11H,5-8,14H2,1H3. The highest BCUT2D eigenvalue weighted by Gasteiger charge is 2.26. The first kappa shape index (κ1) is 10.9. The van der Waals surface area contributed by atoms with Crippen molar-refractivity contribution < 1.29 is 9.47 Å². The number of rotatable bonds is 2. The van der Waals surface area contributed by atoms with E-state index in [-0.39, 0.29) is 0 Å². The first-order chi connectivity index (χ1) is 8.22. The lowest BCUT2D eigenvalue weighted by molar-refractivity contribution is 0.174. The van der Waals surface area contributed by atoms with E-state index in [1.54, 1.807) is 0 Å². The van der Waals surface area contributed by atoms with Crippen molar-refractivity contribution in [2.45, 2.75) is 19.5 Å². The SMILES string of the molecule is CC1CN(Cc2ccc3c(c2)OCO3)CC1N. The normalized spacial score (nSPS) is 27.6. The molecule has 2 aliphatic rings. The van der Waals surface area contributed by atoms with E-state index in [0.717, 1.165) is 31.1 Å². The molecule has 1 fully saturated rings. The highest BCUT2D eigenvalue weighted by atomic mass is 16.7. The molecule has 1 saturated heterocycles. The Kier molecular flexibility index (Phi) is 2.68. The van der Waals surface area contributed by atoms with Crippen LogP contribution in [0.25, 0.3) is 0 Å². The molecule has 1 aromatic rings. The minimum Gasteiger partial charge on any atom is -0.454 e. The smallest absolute Gasteiger partial charge is 0.231 e. The molecule has 3 rings (SSSR count). The zero-order chi connectivity index (χ0) is 11.8. The summed E-state index contributed by atoms with van der Waals surface area (Å²) in [6, 6.07) is 6.46. The molecule has 4 nitrogen and oxygen atoms in total. The molecule has 1 aromatic carbocycles. The van der Waals surface area contributed by atoms with Gasteiger partial charge >= 0.3 is 0 Å². The Morgan fingerprint density at radius 3 is 2.88 bits per heavy atom. The third kappa shape index (κ3) is 2.10. The summed E-state index contributed by atoms with van der Waals surface area (Å²) < 4.78 is 10.7. The quantitative estimate of drug-likeness (QED) is 0.835. The number of nitrogens with zero attached hydrogens (tertiary/aromatic N) is 1. The van der Waals surface area contributed by atoms with Crippen LogP contribution in [0.5, 0.6) is 11.5 Å². The molecule has 2 heterocycles. The van der Waals surface area contributed by atoms with E-state index in [2.05, 4.69) is 24.0 Å². The second-order valence-corrected chi connectivity index (χ2v) is 5.02. The summed E-state index contributed by atoms with van der Waals surface area (Å²) in [7, 11) is 0. The fourth-order valence-corrected chi connectivity index (χ4v) is 2.52. The largest absolute Gasteiger partial charge is 0.454 e. The van der Waals surface area contributed by atoms with Crippen molar-refractivity contribution in [3.05, 3.63) is 23.8 Å². The molecular weight excluding hydrogens is 216 g/mol. The first-order valence-corrected chi connectivity index (χ1v) is 6.09. The van der Waals surface area contributed by atoms with Gasteiger partial charge in [-0.15, -0.1) is 0 Å². The van der Waals surface area contributed by atoms with Crippen molar-refractivity contribution in [2.24, 2.45) is 11.7 Å². The van der Waals surface area contributed by atoms with Gasteiger partial charge in [-0.05, 0) is 23.6 Å². The number of hydrogen-bond acceptors (Lipinski definition) is 4. The van der Waals surface area contributed by atoms with Crippen LogP contribution in [0.4, 0.5) is 0 Å². The van der Waals surface area contributed by atoms with E-state index in [9.17, 15) is 0 Å². The van der Waals surface area contributed by atoms with Gasteiger partial charge in [0.05, 0.1) is 0 Å². The highest BCUT2D eigenvalue weighted by molar-refractivity contribution is 5.44. The second-order valence-electron chi connectivity index (χ2n) is 5.02. The van der Waals surface area contributed by atoms with E-state index in [1.807, 2.05) is 6.07 Å². The molecule has 2 aliphatic heterocycles. The second kappa shape index (κ2) is 4.20. The Morgan fingerprint density at radius 2 is 2.12 bits per heavy atom. The predicted octanol–water partition coefficient (Wildman–Crippen LogP) is 1.19. The van der Waals surface area contributed by atoms with Crippen LogP contribution in [-0.2, 0) is 6.54 Å². The van der Waals surface area contributed by atoms with Crippen molar-refractivity contribution >= 4 is 0 Å². The van der Waals surface area contributed by atoms with E-state index < -0.39 is 0 Å². The summed E-state index contributed by atoms with van der Waals surface area (Å²) in [6.45, 7) is 5.55. The molecule has 4 heteroatoms. The predicted molar refractivity (Wildman–Crippen MR) is 65.0 cm³/mol. The monoisotopic (exact) mass is 234 g/mol. The van der Waals surface area contributed by atoms with Gasteiger partial charge < -0.3 is 15.2 Å². The third-order valence-electron chi connectivity index (χ3n) is 3.59. The first-order valence-electron chi connectivity index (χ1n) is 6.09. The fraction of sp³-hybridized carbons (Fsp3) is 0.538. The van der Waals surface area contributed by atoms with Gasteiger partial charge in [0.2, 0.25) is 6.79 Å². The molecule has 0 bridgehead atoms. The number of benzene rings is 1. The number of ether oxygens (including phenoxy) is 2. The molecule has 2 unspecified atom stereocenters. The van der Waals surface area contributed by atoms with Gasteiger partial charge in [0.25, 0.3) is 0 Å². The average molecular weight is 234 g/mol. The summed E-state index contributed by atoms with van der Waals surface area (Å²) in [5, 5.41) is 0. The number of nitrogens with two attached hydrogens (primary N) is 1. The highest BCUT2D eigenvalue weighted by Crippen LogP contribution is 2.33. The van der Waals surface area contributed by atoms with Crippen molar-refractivity contribution in [3.8, 4) is 11.5 Å². The van der Waals surface area contributed by atoms with E-state index in [0.29, 0.717) is 18.8 Å². The Bertz CT molecular complexity index is 412. The maximum absolute atomic E-state index is 6.03. The molecule has 0 saturated carbocycles. The van der Waals surface area contributed by atoms with Crippen LogP contribution in [0.2, 0.25) is 0 Å². The Balaban J connectivity index is 1.69. The van der Waals surface area contributed by atoms with Crippen LogP contribution in [0.15, 0.2) is 18.2 Å². The van der Waals surface area contributed by atoms with Crippen molar-refractivity contribution in [3.63, 3.8) is 0 Å². The number of fused-ring (bicyclic) bond motifs is 1. The van der Waals surface area contributed by atoms with Gasteiger partial charge in [-0.25, -0.2) is 0 Å². The third-order valence-corrected chi connectivity index (χ3v) is 3.59. The van der Waals surface area contributed by atoms with Crippen LogP contribution in [-0.4, -0.2) is 30.8 Å². The summed E-state index contributed by atoms with van der Waals surface area (Å²) in [5.74, 6) is 2.29. The van der Waals surface area contributed by atoms with Crippen molar-refractivity contribution in [1.82, 2.24) is 4.90 Å². The molecule has 0 aromatic heterocycles. The maximum atomic E-state index is 6.03. The lowest BCUT2D eigenvalue weighted by Gasteiger charge is -2.15. The van der Waals surface area contributed by atoms with Crippen molar-refractivity contribution in [1.29, 1.82) is 0 Å². The van der Waals surface area contributed by atoms with E-state index in [1.165, 1.54) is 5.56 Å². The molecule has 2 atom stereocenters. The van der Waals surface area contributed by atoms with Crippen LogP contribution in [0, 0.1) is 5.92 Å². The Labute approximate surface area is 101 Å². The van der Waals surface area contributed by atoms with Gasteiger partial charge in [-0.3, -0.25) is 4.90 Å². The van der Waals surface area contributed by atoms with Gasteiger partial charge in [-0.1, -0.05) is 13.0 Å². The zero-order valence-corrected chi connectivity index (χ0v) is 10.1. The summed E-state index contributed by atoms with van der Waals surface area (Å²) in [4.78, 5) is 2.40. The zero-order valence-electron chi connectivity index (χ0n) is 10.1. The molecule has 2 N–H and O–H groups in total. The van der Waals surface area contributed by atoms with Gasteiger partial charge in [0, 0.05) is 25.7 Å². The van der Waals surface area contributed by atoms with Gasteiger partial charge in [0.15, 0.2) is 11.5 Å². The van der Waals surface area contributed by atoms with E-state index in [4.69, 9.17) is 15.2 Å². The number of hydrogen-bond donors (Lipinski definition) is 1. The molecule has 92 valence electrons. The Hall–Kier alpha value is -1.26. The fourth-order valence-electron chi connectivity index (χ4n) is 2.52. The van der Waals surface area contributed by atoms with Crippen LogP contribution in [0.3, 0.4) is 0 Å². The van der Waals surface area contributed by atoms with E-state index >= 15 is 0 Å². The molecular formula is C13H18N2O2. The number of likely N-dealkylation sites (tertiary alicyclic amines) is 1. The summed E-state index contributed by atoms with van der Waals surface area (Å²) in [6.07, 6.45) is 0. The minimum absolute atomic E-state index is 0.309. The van der Waals surface area contributed by atoms with Crippen molar-refractivity contribution in [2.75, 3.05) is 19.9 Å². The molecule has 17 heavy (non-hydrogen) atoms. The summed E-state index contributed by atoms with van der Waals surface area (Å²) in [5.41, 5.74) is 7.29. The van der Waals surface area contributed by atoms with Gasteiger partial charge in [-0.2, -0.15) is 0 Å². The molecule has 0 radical (unpaired) electrons. The maximum Gasteiger partial charge on any atom is 0.231 e.